The first kappa shape index (κ1) is 24.3. The van der Waals surface area contributed by atoms with Crippen LogP contribution in [0.5, 0.6) is 0 Å². The fraction of sp³-hybridized carbons (Fsp3) is 0.727. The highest BCUT2D eigenvalue weighted by Gasteiger charge is 2.90. The van der Waals surface area contributed by atoms with Crippen LogP contribution in [0.2, 0.25) is 0 Å². The third-order valence-corrected chi connectivity index (χ3v) is 3.01. The molecule has 0 amide bonds. The highest BCUT2D eigenvalue weighted by Crippen LogP contribution is 2.61. The van der Waals surface area contributed by atoms with Gasteiger partial charge in [0, 0.05) is 0 Å². The van der Waals surface area contributed by atoms with Crippen LogP contribution in [0.25, 0.3) is 0 Å². The standard InChI is InChI=1S/C11H7F13O2/c1-4(2-3-5(25)26)6(12,13)7(14,15)8(16,17)9(18,19)10(20,21)11(22,23)24/h2H,3H2,1H3,(H,25,26)/b4-2+. The number of halogens is 13. The Bertz CT molecular complexity index is 573. The van der Waals surface area contributed by atoms with Crippen molar-refractivity contribution in [2.75, 3.05) is 0 Å². The predicted molar refractivity (Wildman–Crippen MR) is 56.8 cm³/mol. The lowest BCUT2D eigenvalue weighted by molar-refractivity contribution is -0.436. The predicted octanol–water partition coefficient (Wildman–Crippen LogP) is 5.15. The maximum absolute atomic E-state index is 13.4. The lowest BCUT2D eigenvalue weighted by atomic mass is 9.90. The van der Waals surface area contributed by atoms with Gasteiger partial charge in [0.15, 0.2) is 0 Å². The molecule has 0 rings (SSSR count). The molecule has 0 bridgehead atoms. The summed E-state index contributed by atoms with van der Waals surface area (Å²) in [5.74, 6) is -39.4. The smallest absolute Gasteiger partial charge is 0.460 e. The monoisotopic (exact) mass is 418 g/mol. The minimum atomic E-state index is -7.97. The number of hydrogen-bond donors (Lipinski definition) is 1. The molecular formula is C11H7F13O2. The van der Waals surface area contributed by atoms with E-state index in [1.807, 2.05) is 0 Å². The van der Waals surface area contributed by atoms with Crippen molar-refractivity contribution < 1.29 is 67.0 Å². The van der Waals surface area contributed by atoms with Crippen molar-refractivity contribution in [1.82, 2.24) is 0 Å². The van der Waals surface area contributed by atoms with E-state index in [0.717, 1.165) is 0 Å². The number of hydrogen-bond acceptors (Lipinski definition) is 1. The van der Waals surface area contributed by atoms with Crippen LogP contribution in [0.1, 0.15) is 13.3 Å². The van der Waals surface area contributed by atoms with E-state index in [1.165, 1.54) is 0 Å². The molecule has 0 aliphatic heterocycles. The van der Waals surface area contributed by atoms with Crippen LogP contribution in [-0.2, 0) is 4.79 Å². The van der Waals surface area contributed by atoms with Crippen molar-refractivity contribution in [3.8, 4) is 0 Å². The molecule has 0 aromatic rings. The van der Waals surface area contributed by atoms with Gasteiger partial charge < -0.3 is 5.11 Å². The van der Waals surface area contributed by atoms with Gasteiger partial charge in [-0.25, -0.2) is 0 Å². The number of carbonyl (C=O) groups is 1. The number of aliphatic carboxylic acids is 1. The summed E-state index contributed by atoms with van der Waals surface area (Å²) >= 11 is 0. The number of allylic oxidation sites excluding steroid dienone is 1. The Kier molecular flexibility index (Phi) is 6.05. The molecule has 0 fully saturated rings. The fourth-order valence-electron chi connectivity index (χ4n) is 1.39. The molecule has 0 spiro atoms. The Hall–Kier alpha value is -1.70. The minimum absolute atomic E-state index is 0.132. The van der Waals surface area contributed by atoms with E-state index in [2.05, 4.69) is 0 Å². The summed E-state index contributed by atoms with van der Waals surface area (Å²) in [7, 11) is 0. The Morgan fingerprint density at radius 1 is 0.731 bits per heavy atom. The summed E-state index contributed by atoms with van der Waals surface area (Å²) in [6.07, 6.45) is -9.29. The Balaban J connectivity index is 6.33. The second kappa shape index (κ2) is 6.48. The molecule has 0 unspecified atom stereocenters. The fourth-order valence-corrected chi connectivity index (χ4v) is 1.39. The maximum atomic E-state index is 13.4. The van der Waals surface area contributed by atoms with Crippen LogP contribution < -0.4 is 0 Å². The summed E-state index contributed by atoms with van der Waals surface area (Å²) in [6.45, 7) is -0.132. The van der Waals surface area contributed by atoms with Gasteiger partial charge in [0.25, 0.3) is 0 Å². The molecule has 15 heteroatoms. The van der Waals surface area contributed by atoms with E-state index in [0.29, 0.717) is 0 Å². The Morgan fingerprint density at radius 3 is 1.38 bits per heavy atom. The third kappa shape index (κ3) is 3.43. The molecule has 0 heterocycles. The van der Waals surface area contributed by atoms with Gasteiger partial charge in [0.1, 0.15) is 0 Å². The topological polar surface area (TPSA) is 37.3 Å². The molecule has 0 saturated heterocycles. The van der Waals surface area contributed by atoms with Crippen LogP contribution in [-0.4, -0.2) is 46.9 Å². The summed E-state index contributed by atoms with van der Waals surface area (Å²) in [5, 5.41) is 8.15. The third-order valence-electron chi connectivity index (χ3n) is 3.01. The molecule has 0 saturated carbocycles. The second-order valence-corrected chi connectivity index (χ2v) is 4.85. The van der Waals surface area contributed by atoms with Crippen LogP contribution in [0.15, 0.2) is 11.6 Å². The Morgan fingerprint density at radius 2 is 1.08 bits per heavy atom. The van der Waals surface area contributed by atoms with E-state index in [9.17, 15) is 61.9 Å². The molecule has 0 radical (unpaired) electrons. The van der Waals surface area contributed by atoms with Crippen molar-refractivity contribution in [1.29, 1.82) is 0 Å². The lowest BCUT2D eigenvalue weighted by Gasteiger charge is -2.40. The van der Waals surface area contributed by atoms with E-state index >= 15 is 0 Å². The number of carboxylic acids is 1. The molecule has 0 atom stereocenters. The molecule has 0 aromatic heterocycles. The van der Waals surface area contributed by atoms with Gasteiger partial charge in [-0.3, -0.25) is 4.79 Å². The summed E-state index contributed by atoms with van der Waals surface area (Å²) in [6, 6.07) is 0. The van der Waals surface area contributed by atoms with E-state index in [1.54, 1.807) is 0 Å². The highest BCUT2D eigenvalue weighted by atomic mass is 19.4. The van der Waals surface area contributed by atoms with Crippen molar-refractivity contribution >= 4 is 5.97 Å². The summed E-state index contributed by atoms with van der Waals surface area (Å²) in [4.78, 5) is 10.1. The van der Waals surface area contributed by atoms with Gasteiger partial charge >= 0.3 is 41.8 Å². The van der Waals surface area contributed by atoms with Gasteiger partial charge in [-0.05, 0) is 12.5 Å². The second-order valence-electron chi connectivity index (χ2n) is 4.85. The van der Waals surface area contributed by atoms with Crippen molar-refractivity contribution in [3.05, 3.63) is 11.6 Å². The highest BCUT2D eigenvalue weighted by molar-refractivity contribution is 5.68. The quantitative estimate of drug-likeness (QED) is 0.459. The molecule has 26 heavy (non-hydrogen) atoms. The normalized spacial score (nSPS) is 16.0. The molecule has 0 aromatic carbocycles. The van der Waals surface area contributed by atoms with Crippen LogP contribution in [0, 0.1) is 0 Å². The van der Waals surface area contributed by atoms with Crippen molar-refractivity contribution in [2.45, 2.75) is 49.1 Å². The van der Waals surface area contributed by atoms with E-state index < -0.39 is 53.8 Å². The molecular weight excluding hydrogens is 411 g/mol. The number of carboxylic acid groups (broad SMARTS) is 1. The van der Waals surface area contributed by atoms with Gasteiger partial charge in [-0.2, -0.15) is 57.1 Å². The number of rotatable bonds is 7. The summed E-state index contributed by atoms with van der Waals surface area (Å²) < 4.78 is 166. The zero-order valence-corrected chi connectivity index (χ0v) is 12.1. The molecule has 1 N–H and O–H groups in total. The van der Waals surface area contributed by atoms with Crippen LogP contribution in [0.3, 0.4) is 0 Å². The zero-order chi connectivity index (χ0) is 21.6. The van der Waals surface area contributed by atoms with Crippen LogP contribution in [0.4, 0.5) is 57.1 Å². The van der Waals surface area contributed by atoms with Gasteiger partial charge in [-0.15, -0.1) is 0 Å². The molecule has 0 aliphatic carbocycles. The van der Waals surface area contributed by atoms with Gasteiger partial charge in [-0.1, -0.05) is 6.08 Å². The van der Waals surface area contributed by atoms with E-state index in [-0.39, 0.29) is 13.0 Å². The lowest BCUT2D eigenvalue weighted by Crippen LogP contribution is -2.70. The first-order chi connectivity index (χ1) is 11.1. The van der Waals surface area contributed by atoms with Crippen LogP contribution >= 0.6 is 0 Å². The van der Waals surface area contributed by atoms with E-state index in [4.69, 9.17) is 5.11 Å². The largest absolute Gasteiger partial charge is 0.481 e. The molecule has 2 nitrogen and oxygen atoms in total. The molecule has 0 aliphatic rings. The maximum Gasteiger partial charge on any atom is 0.460 e. The average molecular weight is 418 g/mol. The van der Waals surface area contributed by atoms with Crippen molar-refractivity contribution in [3.63, 3.8) is 0 Å². The van der Waals surface area contributed by atoms with Crippen molar-refractivity contribution in [2.24, 2.45) is 0 Å². The van der Waals surface area contributed by atoms with Gasteiger partial charge in [0.2, 0.25) is 0 Å². The SMILES string of the molecule is C/C(=C\CC(=O)O)C(F)(F)C(F)(F)C(F)(F)C(F)(F)C(F)(F)C(F)(F)F. The Labute approximate surface area is 135 Å². The first-order valence-corrected chi connectivity index (χ1v) is 5.93. The van der Waals surface area contributed by atoms with Gasteiger partial charge in [0.05, 0.1) is 6.42 Å². The number of alkyl halides is 13. The average Bonchev–Trinajstić information content (AvgIpc) is 2.42. The first-order valence-electron chi connectivity index (χ1n) is 5.93. The zero-order valence-electron chi connectivity index (χ0n) is 12.1. The molecule has 154 valence electrons. The minimum Gasteiger partial charge on any atom is -0.481 e. The summed E-state index contributed by atoms with van der Waals surface area (Å²) in [5.41, 5.74) is -2.27.